The van der Waals surface area contributed by atoms with Crippen LogP contribution in [0.15, 0.2) is 35.3 Å². The number of benzene rings is 1. The summed E-state index contributed by atoms with van der Waals surface area (Å²) in [6.45, 7) is 7.73. The lowest BCUT2D eigenvalue weighted by Crippen LogP contribution is -2.27. The standard InChI is InChI=1S/C24H31N5O/c1-15(2)28-14-17-13-18(9-10-20(17)16(28)3)26-23-22-21(11-12-25-24(22)30)29(27-23)19-7-5-4-6-8-19/h9-13,15-16,19H,4-8,14H2,1-3H3,(H,25,30)(H,26,27). The fourth-order valence-electron chi connectivity index (χ4n) is 5.30. The third kappa shape index (κ3) is 3.23. The monoisotopic (exact) mass is 405 g/mol. The van der Waals surface area contributed by atoms with E-state index in [0.717, 1.165) is 30.6 Å². The number of hydrogen-bond acceptors (Lipinski definition) is 4. The maximum atomic E-state index is 12.7. The van der Waals surface area contributed by atoms with E-state index in [2.05, 4.69) is 58.9 Å². The lowest BCUT2D eigenvalue weighted by atomic mass is 9.95. The first kappa shape index (κ1) is 19.4. The van der Waals surface area contributed by atoms with Crippen molar-refractivity contribution in [1.82, 2.24) is 19.7 Å². The number of H-pyrrole nitrogens is 1. The molecule has 1 aliphatic heterocycles. The molecular weight excluding hydrogens is 374 g/mol. The Morgan fingerprint density at radius 2 is 1.97 bits per heavy atom. The highest BCUT2D eigenvalue weighted by Gasteiger charge is 2.28. The topological polar surface area (TPSA) is 66.0 Å². The smallest absolute Gasteiger partial charge is 0.261 e. The maximum Gasteiger partial charge on any atom is 0.261 e. The van der Waals surface area contributed by atoms with Crippen LogP contribution in [0.3, 0.4) is 0 Å². The largest absolute Gasteiger partial charge is 0.338 e. The number of rotatable bonds is 4. The average molecular weight is 406 g/mol. The van der Waals surface area contributed by atoms with Crippen LogP contribution in [0.1, 0.15) is 76.1 Å². The van der Waals surface area contributed by atoms with Gasteiger partial charge in [-0.1, -0.05) is 25.3 Å². The molecule has 0 spiro atoms. The Morgan fingerprint density at radius 3 is 2.73 bits per heavy atom. The quantitative estimate of drug-likeness (QED) is 0.621. The van der Waals surface area contributed by atoms with Crippen molar-refractivity contribution in [3.05, 3.63) is 51.9 Å². The van der Waals surface area contributed by atoms with Crippen molar-refractivity contribution in [3.8, 4) is 0 Å². The van der Waals surface area contributed by atoms with E-state index < -0.39 is 0 Å². The van der Waals surface area contributed by atoms with Gasteiger partial charge in [0.05, 0.1) is 11.6 Å². The van der Waals surface area contributed by atoms with Crippen molar-refractivity contribution in [2.45, 2.75) is 77.5 Å². The number of pyridine rings is 1. The third-order valence-corrected chi connectivity index (χ3v) is 6.92. The molecule has 30 heavy (non-hydrogen) atoms. The lowest BCUT2D eigenvalue weighted by molar-refractivity contribution is 0.180. The molecule has 0 amide bonds. The van der Waals surface area contributed by atoms with E-state index in [0.29, 0.717) is 29.3 Å². The summed E-state index contributed by atoms with van der Waals surface area (Å²) < 4.78 is 2.09. The van der Waals surface area contributed by atoms with Gasteiger partial charge < -0.3 is 10.3 Å². The first-order valence-corrected chi connectivity index (χ1v) is 11.3. The molecule has 2 aromatic heterocycles. The van der Waals surface area contributed by atoms with Gasteiger partial charge >= 0.3 is 0 Å². The highest BCUT2D eigenvalue weighted by Crippen LogP contribution is 2.37. The zero-order chi connectivity index (χ0) is 20.8. The molecule has 2 aliphatic rings. The van der Waals surface area contributed by atoms with Crippen LogP contribution in [0, 0.1) is 0 Å². The molecule has 1 atom stereocenters. The Kier molecular flexibility index (Phi) is 4.89. The molecule has 0 saturated heterocycles. The Bertz CT molecular complexity index is 1120. The molecule has 0 radical (unpaired) electrons. The van der Waals surface area contributed by atoms with E-state index >= 15 is 0 Å². The van der Waals surface area contributed by atoms with Crippen LogP contribution in [0.2, 0.25) is 0 Å². The summed E-state index contributed by atoms with van der Waals surface area (Å²) in [5.41, 5.74) is 4.58. The van der Waals surface area contributed by atoms with Gasteiger partial charge in [-0.3, -0.25) is 14.4 Å². The van der Waals surface area contributed by atoms with E-state index in [-0.39, 0.29) is 5.56 Å². The molecule has 1 aromatic carbocycles. The lowest BCUT2D eigenvalue weighted by Gasteiger charge is -2.25. The SMILES string of the molecule is CC(C)N1Cc2cc(Nc3nn(C4CCCCC4)c4cc[nH]c(=O)c34)ccc2C1C. The van der Waals surface area contributed by atoms with E-state index in [1.807, 2.05) is 6.07 Å². The van der Waals surface area contributed by atoms with E-state index in [9.17, 15) is 4.79 Å². The molecule has 6 heteroatoms. The first-order valence-electron chi connectivity index (χ1n) is 11.3. The highest BCUT2D eigenvalue weighted by molar-refractivity contribution is 5.91. The Morgan fingerprint density at radius 1 is 1.17 bits per heavy atom. The summed E-state index contributed by atoms with van der Waals surface area (Å²) in [6.07, 6.45) is 7.74. The molecule has 2 N–H and O–H groups in total. The van der Waals surface area contributed by atoms with Gasteiger partial charge in [-0.2, -0.15) is 5.10 Å². The van der Waals surface area contributed by atoms with Crippen molar-refractivity contribution >= 4 is 22.4 Å². The van der Waals surface area contributed by atoms with Gasteiger partial charge in [0.15, 0.2) is 5.82 Å². The van der Waals surface area contributed by atoms with E-state index in [4.69, 9.17) is 5.10 Å². The molecule has 1 fully saturated rings. The van der Waals surface area contributed by atoms with Gasteiger partial charge in [0.2, 0.25) is 0 Å². The average Bonchev–Trinajstić information content (AvgIpc) is 3.28. The zero-order valence-electron chi connectivity index (χ0n) is 18.1. The van der Waals surface area contributed by atoms with Crippen molar-refractivity contribution in [2.24, 2.45) is 0 Å². The Labute approximate surface area is 177 Å². The first-order chi connectivity index (χ1) is 14.5. The molecule has 0 bridgehead atoms. The van der Waals surface area contributed by atoms with Gasteiger partial charge in [0.1, 0.15) is 5.39 Å². The van der Waals surface area contributed by atoms with Crippen LogP contribution in [-0.4, -0.2) is 25.7 Å². The number of hydrogen-bond donors (Lipinski definition) is 2. The zero-order valence-corrected chi connectivity index (χ0v) is 18.1. The molecule has 3 heterocycles. The summed E-state index contributed by atoms with van der Waals surface area (Å²) >= 11 is 0. The molecule has 1 aliphatic carbocycles. The number of fused-ring (bicyclic) bond motifs is 2. The molecule has 3 aromatic rings. The predicted octanol–water partition coefficient (Wildman–Crippen LogP) is 5.26. The van der Waals surface area contributed by atoms with Crippen LogP contribution in [0.4, 0.5) is 11.5 Å². The number of nitrogens with zero attached hydrogens (tertiary/aromatic N) is 3. The molecule has 6 nitrogen and oxygen atoms in total. The third-order valence-electron chi connectivity index (χ3n) is 6.92. The van der Waals surface area contributed by atoms with Crippen molar-refractivity contribution in [3.63, 3.8) is 0 Å². The second kappa shape index (κ2) is 7.58. The minimum atomic E-state index is -0.0853. The van der Waals surface area contributed by atoms with Crippen LogP contribution in [0.25, 0.3) is 10.9 Å². The maximum absolute atomic E-state index is 12.7. The van der Waals surface area contributed by atoms with Gasteiger partial charge in [0.25, 0.3) is 5.56 Å². The van der Waals surface area contributed by atoms with Gasteiger partial charge in [-0.25, -0.2) is 0 Å². The fourth-order valence-corrected chi connectivity index (χ4v) is 5.30. The van der Waals surface area contributed by atoms with Gasteiger partial charge in [0, 0.05) is 30.5 Å². The summed E-state index contributed by atoms with van der Waals surface area (Å²) in [4.78, 5) is 18.0. The Hall–Kier alpha value is -2.60. The number of anilines is 2. The van der Waals surface area contributed by atoms with Gasteiger partial charge in [-0.05, 0) is 62.9 Å². The van der Waals surface area contributed by atoms with Crippen molar-refractivity contribution in [1.29, 1.82) is 0 Å². The van der Waals surface area contributed by atoms with Gasteiger partial charge in [-0.15, -0.1) is 0 Å². The summed E-state index contributed by atoms with van der Waals surface area (Å²) in [7, 11) is 0. The second-order valence-corrected chi connectivity index (χ2v) is 9.13. The highest BCUT2D eigenvalue weighted by atomic mass is 16.1. The molecule has 1 saturated carbocycles. The van der Waals surface area contributed by atoms with Crippen molar-refractivity contribution < 1.29 is 0 Å². The number of nitrogens with one attached hydrogen (secondary N) is 2. The number of aromatic amines is 1. The minimum Gasteiger partial charge on any atom is -0.338 e. The molecular formula is C24H31N5O. The summed E-state index contributed by atoms with van der Waals surface area (Å²) in [5.74, 6) is 0.657. The van der Waals surface area contributed by atoms with E-state index in [1.54, 1.807) is 6.20 Å². The predicted molar refractivity (Wildman–Crippen MR) is 121 cm³/mol. The van der Waals surface area contributed by atoms with Crippen LogP contribution >= 0.6 is 0 Å². The second-order valence-electron chi connectivity index (χ2n) is 9.13. The molecule has 1 unspecified atom stereocenters. The van der Waals surface area contributed by atoms with Crippen LogP contribution in [0.5, 0.6) is 0 Å². The minimum absolute atomic E-state index is 0.0853. The summed E-state index contributed by atoms with van der Waals surface area (Å²) in [6, 6.07) is 9.85. The normalized spacial score (nSPS) is 20.2. The van der Waals surface area contributed by atoms with E-state index in [1.165, 1.54) is 30.4 Å². The molecule has 5 rings (SSSR count). The van der Waals surface area contributed by atoms with Crippen LogP contribution in [-0.2, 0) is 6.54 Å². The number of aromatic nitrogens is 3. The fraction of sp³-hybridized carbons (Fsp3) is 0.500. The summed E-state index contributed by atoms with van der Waals surface area (Å²) in [5, 5.41) is 9.01. The Balaban J connectivity index is 1.51. The van der Waals surface area contributed by atoms with Crippen molar-refractivity contribution in [2.75, 3.05) is 5.32 Å². The van der Waals surface area contributed by atoms with Crippen LogP contribution < -0.4 is 10.9 Å². The molecule has 158 valence electrons.